The highest BCUT2D eigenvalue weighted by Gasteiger charge is 2.38. The van der Waals surface area contributed by atoms with Gasteiger partial charge in [-0.15, -0.1) is 0 Å². The Balaban J connectivity index is 2.92. The van der Waals surface area contributed by atoms with E-state index in [0.29, 0.717) is 13.0 Å². The smallest absolute Gasteiger partial charge is 0.313 e. The molecule has 0 aliphatic carbocycles. The summed E-state index contributed by atoms with van der Waals surface area (Å²) in [5.41, 5.74) is 6.08. The minimum absolute atomic E-state index is 0.208. The van der Waals surface area contributed by atoms with Gasteiger partial charge in [0.15, 0.2) is 0 Å². The van der Waals surface area contributed by atoms with Crippen molar-refractivity contribution in [3.8, 4) is 0 Å². The van der Waals surface area contributed by atoms with Crippen LogP contribution in [0.2, 0.25) is 0 Å². The Labute approximate surface area is 109 Å². The number of carbonyl (C=O) groups excluding carboxylic acids is 1. The van der Waals surface area contributed by atoms with Gasteiger partial charge in [-0.05, 0) is 25.5 Å². The van der Waals surface area contributed by atoms with Gasteiger partial charge in [0.25, 0.3) is 0 Å². The topological polar surface area (TPSA) is 65.2 Å². The van der Waals surface area contributed by atoms with Crippen LogP contribution in [0.25, 0.3) is 0 Å². The molecule has 1 atom stereocenters. The van der Waals surface area contributed by atoms with Gasteiger partial charge in [0, 0.05) is 24.9 Å². The molecule has 1 aromatic heterocycles. The first-order valence-corrected chi connectivity index (χ1v) is 6.45. The van der Waals surface area contributed by atoms with E-state index in [9.17, 15) is 4.79 Å². The van der Waals surface area contributed by atoms with Crippen LogP contribution in [-0.4, -0.2) is 24.1 Å². The molecular weight excluding hydrogens is 228 g/mol. The summed E-state index contributed by atoms with van der Waals surface area (Å²) in [5.74, 6) is -0.208. The summed E-state index contributed by atoms with van der Waals surface area (Å²) in [6, 6.07) is 5.69. The Morgan fingerprint density at radius 2 is 2.22 bits per heavy atom. The lowest BCUT2D eigenvalue weighted by molar-refractivity contribution is -0.155. The molecule has 1 heterocycles. The predicted molar refractivity (Wildman–Crippen MR) is 71.0 cm³/mol. The van der Waals surface area contributed by atoms with Crippen molar-refractivity contribution in [3.05, 3.63) is 30.1 Å². The molecule has 0 aliphatic heterocycles. The fraction of sp³-hybridized carbons (Fsp3) is 0.571. The molecule has 4 nitrogen and oxygen atoms in total. The third kappa shape index (κ3) is 3.53. The van der Waals surface area contributed by atoms with Crippen LogP contribution in [0.3, 0.4) is 0 Å². The second kappa shape index (κ2) is 7.11. The van der Waals surface area contributed by atoms with E-state index in [2.05, 4.69) is 4.98 Å². The molecule has 0 aliphatic rings. The van der Waals surface area contributed by atoms with Crippen LogP contribution in [0, 0.1) is 5.41 Å². The normalized spacial score (nSPS) is 13.9. The number of rotatable bonds is 7. The molecule has 18 heavy (non-hydrogen) atoms. The lowest BCUT2D eigenvalue weighted by atomic mass is 9.79. The van der Waals surface area contributed by atoms with Crippen molar-refractivity contribution in [2.24, 2.45) is 11.1 Å². The van der Waals surface area contributed by atoms with Crippen LogP contribution in [0.1, 0.15) is 32.4 Å². The molecule has 1 rings (SSSR count). The van der Waals surface area contributed by atoms with Gasteiger partial charge in [-0.1, -0.05) is 19.4 Å². The summed E-state index contributed by atoms with van der Waals surface area (Å²) in [4.78, 5) is 16.4. The van der Waals surface area contributed by atoms with Gasteiger partial charge >= 0.3 is 5.97 Å². The highest BCUT2D eigenvalue weighted by Crippen LogP contribution is 2.29. The predicted octanol–water partition coefficient (Wildman–Crippen LogP) is 1.93. The Morgan fingerprint density at radius 3 is 2.72 bits per heavy atom. The maximum Gasteiger partial charge on any atom is 0.313 e. The number of carbonyl (C=O) groups is 1. The van der Waals surface area contributed by atoms with E-state index in [0.717, 1.165) is 18.5 Å². The largest absolute Gasteiger partial charge is 0.466 e. The van der Waals surface area contributed by atoms with E-state index in [4.69, 9.17) is 10.5 Å². The number of ether oxygens (including phenoxy) is 1. The van der Waals surface area contributed by atoms with Crippen molar-refractivity contribution >= 4 is 5.97 Å². The fourth-order valence-electron chi connectivity index (χ4n) is 2.13. The van der Waals surface area contributed by atoms with Gasteiger partial charge in [0.05, 0.1) is 12.0 Å². The number of hydrogen-bond donors (Lipinski definition) is 1. The van der Waals surface area contributed by atoms with Crippen molar-refractivity contribution < 1.29 is 9.53 Å². The highest BCUT2D eigenvalue weighted by molar-refractivity contribution is 5.77. The van der Waals surface area contributed by atoms with E-state index in [1.165, 1.54) is 0 Å². The lowest BCUT2D eigenvalue weighted by Crippen LogP contribution is -2.42. The quantitative estimate of drug-likeness (QED) is 0.751. The van der Waals surface area contributed by atoms with Crippen LogP contribution >= 0.6 is 0 Å². The molecule has 0 amide bonds. The SMILES string of the molecule is CCCC(CN)(Cc1ccccn1)C(=O)OCC. The van der Waals surface area contributed by atoms with Crippen molar-refractivity contribution in [2.75, 3.05) is 13.2 Å². The average molecular weight is 250 g/mol. The molecular formula is C14H22N2O2. The van der Waals surface area contributed by atoms with Crippen LogP contribution in [0.4, 0.5) is 0 Å². The molecule has 0 bridgehead atoms. The molecule has 0 saturated carbocycles. The number of nitrogens with two attached hydrogens (primary N) is 1. The molecule has 0 fully saturated rings. The molecule has 0 saturated heterocycles. The molecule has 2 N–H and O–H groups in total. The van der Waals surface area contributed by atoms with Gasteiger partial charge in [-0.3, -0.25) is 9.78 Å². The summed E-state index contributed by atoms with van der Waals surface area (Å²) < 4.78 is 5.18. The number of esters is 1. The van der Waals surface area contributed by atoms with E-state index < -0.39 is 5.41 Å². The Bertz CT molecular complexity index is 367. The highest BCUT2D eigenvalue weighted by atomic mass is 16.5. The maximum absolute atomic E-state index is 12.2. The summed E-state index contributed by atoms with van der Waals surface area (Å²) in [5, 5.41) is 0. The van der Waals surface area contributed by atoms with E-state index in [1.807, 2.05) is 32.0 Å². The van der Waals surface area contributed by atoms with Crippen molar-refractivity contribution in [1.82, 2.24) is 4.98 Å². The number of nitrogens with zero attached hydrogens (tertiary/aromatic N) is 1. The molecule has 0 radical (unpaired) electrons. The third-order valence-corrected chi connectivity index (χ3v) is 3.07. The van der Waals surface area contributed by atoms with Gasteiger partial charge in [-0.25, -0.2) is 0 Å². The first-order valence-electron chi connectivity index (χ1n) is 6.45. The second-order valence-electron chi connectivity index (χ2n) is 4.45. The summed E-state index contributed by atoms with van der Waals surface area (Å²) in [6.45, 7) is 4.52. The average Bonchev–Trinajstić information content (AvgIpc) is 2.39. The van der Waals surface area contributed by atoms with Gasteiger partial charge in [0.2, 0.25) is 0 Å². The van der Waals surface area contributed by atoms with Gasteiger partial charge in [-0.2, -0.15) is 0 Å². The van der Waals surface area contributed by atoms with Crippen LogP contribution < -0.4 is 5.73 Å². The van der Waals surface area contributed by atoms with Crippen molar-refractivity contribution in [2.45, 2.75) is 33.1 Å². The Morgan fingerprint density at radius 1 is 1.44 bits per heavy atom. The zero-order valence-electron chi connectivity index (χ0n) is 11.2. The first-order chi connectivity index (χ1) is 8.68. The van der Waals surface area contributed by atoms with Gasteiger partial charge in [0.1, 0.15) is 0 Å². The third-order valence-electron chi connectivity index (χ3n) is 3.07. The monoisotopic (exact) mass is 250 g/mol. The Kier molecular flexibility index (Phi) is 5.78. The molecule has 100 valence electrons. The zero-order chi connectivity index (χ0) is 13.4. The number of hydrogen-bond acceptors (Lipinski definition) is 4. The fourth-order valence-corrected chi connectivity index (χ4v) is 2.13. The van der Waals surface area contributed by atoms with E-state index in [1.54, 1.807) is 6.20 Å². The standard InChI is InChI=1S/C14H22N2O2/c1-3-8-14(11-15,13(17)18-4-2)10-12-7-5-6-9-16-12/h5-7,9H,3-4,8,10-11,15H2,1-2H3. The van der Waals surface area contributed by atoms with Crippen LogP contribution in [0.5, 0.6) is 0 Å². The van der Waals surface area contributed by atoms with Crippen LogP contribution in [-0.2, 0) is 16.0 Å². The lowest BCUT2D eigenvalue weighted by Gasteiger charge is -2.29. The first kappa shape index (κ1) is 14.6. The molecule has 1 unspecified atom stereocenters. The minimum atomic E-state index is -0.640. The maximum atomic E-state index is 12.2. The molecule has 4 heteroatoms. The van der Waals surface area contributed by atoms with E-state index >= 15 is 0 Å². The van der Waals surface area contributed by atoms with Crippen molar-refractivity contribution in [3.63, 3.8) is 0 Å². The molecule has 0 aromatic carbocycles. The molecule has 1 aromatic rings. The number of pyridine rings is 1. The van der Waals surface area contributed by atoms with Crippen molar-refractivity contribution in [1.29, 1.82) is 0 Å². The second-order valence-corrected chi connectivity index (χ2v) is 4.45. The summed E-state index contributed by atoms with van der Waals surface area (Å²) >= 11 is 0. The van der Waals surface area contributed by atoms with Crippen LogP contribution in [0.15, 0.2) is 24.4 Å². The minimum Gasteiger partial charge on any atom is -0.466 e. The summed E-state index contributed by atoms with van der Waals surface area (Å²) in [7, 11) is 0. The summed E-state index contributed by atoms with van der Waals surface area (Å²) in [6.07, 6.45) is 3.88. The number of aromatic nitrogens is 1. The Hall–Kier alpha value is -1.42. The zero-order valence-corrected chi connectivity index (χ0v) is 11.2. The molecule has 0 spiro atoms. The van der Waals surface area contributed by atoms with Gasteiger partial charge < -0.3 is 10.5 Å². The van der Waals surface area contributed by atoms with E-state index in [-0.39, 0.29) is 12.5 Å².